The lowest BCUT2D eigenvalue weighted by molar-refractivity contribution is -0.173. The summed E-state index contributed by atoms with van der Waals surface area (Å²) in [5, 5.41) is 3.34. The summed E-state index contributed by atoms with van der Waals surface area (Å²) >= 11 is 0. The third-order valence-corrected chi connectivity index (χ3v) is 4.13. The molecule has 1 amide bonds. The minimum atomic E-state index is -4.41. The van der Waals surface area contributed by atoms with Gasteiger partial charge in [-0.05, 0) is 18.2 Å². The molecular weight excluding hydrogens is 376 g/mol. The maximum absolute atomic E-state index is 14.1. The summed E-state index contributed by atoms with van der Waals surface area (Å²) in [6.45, 7) is -1.56. The lowest BCUT2D eigenvalue weighted by atomic mass is 10.2. The molecule has 0 saturated carbocycles. The van der Waals surface area contributed by atoms with E-state index < -0.39 is 18.7 Å². The first-order valence-electron chi connectivity index (χ1n) is 8.59. The quantitative estimate of drug-likeness (QED) is 0.484. The number of carbonyl (C=O) groups excluding carboxylic acids is 1. The second-order valence-electron chi connectivity index (χ2n) is 6.19. The second-order valence-corrected chi connectivity index (χ2v) is 6.19. The SMILES string of the molecule is O=C(NCCOCC(F)(F)F)c1cc2ccccc2n1Cc1ccccc1F. The average Bonchev–Trinajstić information content (AvgIpc) is 3.01. The number of fused-ring (bicyclic) bond motifs is 1. The predicted octanol–water partition coefficient (Wildman–Crippen LogP) is 4.14. The molecule has 0 atom stereocenters. The van der Waals surface area contributed by atoms with Crippen LogP contribution in [0.4, 0.5) is 17.6 Å². The lowest BCUT2D eigenvalue weighted by Gasteiger charge is -2.12. The van der Waals surface area contributed by atoms with Gasteiger partial charge in [0.05, 0.1) is 13.2 Å². The number of carbonyl (C=O) groups is 1. The molecule has 0 fully saturated rings. The molecule has 1 heterocycles. The van der Waals surface area contributed by atoms with Gasteiger partial charge in [-0.15, -0.1) is 0 Å². The number of amides is 1. The lowest BCUT2D eigenvalue weighted by Crippen LogP contribution is -2.30. The molecule has 0 unspecified atom stereocenters. The van der Waals surface area contributed by atoms with Crippen molar-refractivity contribution in [2.75, 3.05) is 19.8 Å². The standard InChI is InChI=1S/C20H18F4N2O2/c21-16-7-3-1-6-15(16)12-26-17-8-4-2-5-14(17)11-18(26)19(27)25-9-10-28-13-20(22,23)24/h1-8,11H,9-10,12-13H2,(H,25,27). The molecule has 1 N–H and O–H groups in total. The van der Waals surface area contributed by atoms with Crippen molar-refractivity contribution in [2.24, 2.45) is 0 Å². The summed E-state index contributed by atoms with van der Waals surface area (Å²) in [6.07, 6.45) is -4.41. The Hall–Kier alpha value is -2.87. The number of halogens is 4. The maximum atomic E-state index is 14.1. The summed E-state index contributed by atoms with van der Waals surface area (Å²) in [5.41, 5.74) is 1.47. The van der Waals surface area contributed by atoms with Crippen molar-refractivity contribution < 1.29 is 27.1 Å². The number of para-hydroxylation sites is 1. The van der Waals surface area contributed by atoms with E-state index in [-0.39, 0.29) is 25.5 Å². The van der Waals surface area contributed by atoms with Crippen molar-refractivity contribution in [3.05, 3.63) is 71.7 Å². The van der Waals surface area contributed by atoms with Crippen molar-refractivity contribution in [1.82, 2.24) is 9.88 Å². The molecule has 0 spiro atoms. The fourth-order valence-corrected chi connectivity index (χ4v) is 2.88. The molecule has 0 aliphatic rings. The van der Waals surface area contributed by atoms with E-state index in [0.717, 1.165) is 10.9 Å². The van der Waals surface area contributed by atoms with Gasteiger partial charge in [-0.3, -0.25) is 4.79 Å². The van der Waals surface area contributed by atoms with Gasteiger partial charge in [0.15, 0.2) is 0 Å². The molecule has 0 aliphatic carbocycles. The average molecular weight is 394 g/mol. The highest BCUT2D eigenvalue weighted by atomic mass is 19.4. The number of alkyl halides is 3. The van der Waals surface area contributed by atoms with Crippen molar-refractivity contribution in [3.63, 3.8) is 0 Å². The van der Waals surface area contributed by atoms with Crippen LogP contribution in [0.25, 0.3) is 10.9 Å². The van der Waals surface area contributed by atoms with E-state index in [1.807, 2.05) is 24.3 Å². The molecule has 0 radical (unpaired) electrons. The first kappa shape index (κ1) is 19.9. The molecule has 8 heteroatoms. The van der Waals surface area contributed by atoms with Gasteiger partial charge >= 0.3 is 6.18 Å². The second kappa shape index (κ2) is 8.43. The minimum absolute atomic E-state index is 0.0733. The van der Waals surface area contributed by atoms with Gasteiger partial charge < -0.3 is 14.6 Å². The summed E-state index contributed by atoms with van der Waals surface area (Å²) in [6, 6.07) is 15.2. The number of ether oxygens (including phenoxy) is 1. The topological polar surface area (TPSA) is 43.3 Å². The highest BCUT2D eigenvalue weighted by Gasteiger charge is 2.27. The highest BCUT2D eigenvalue weighted by molar-refractivity contribution is 5.98. The van der Waals surface area contributed by atoms with E-state index >= 15 is 0 Å². The number of hydrogen-bond acceptors (Lipinski definition) is 2. The maximum Gasteiger partial charge on any atom is 0.411 e. The smallest absolute Gasteiger partial charge is 0.370 e. The van der Waals surface area contributed by atoms with Gasteiger partial charge in [0.2, 0.25) is 0 Å². The van der Waals surface area contributed by atoms with Crippen LogP contribution in [0.2, 0.25) is 0 Å². The van der Waals surface area contributed by atoms with Crippen LogP contribution in [0.1, 0.15) is 16.1 Å². The van der Waals surface area contributed by atoms with Crippen LogP contribution >= 0.6 is 0 Å². The molecule has 0 bridgehead atoms. The van der Waals surface area contributed by atoms with Crippen LogP contribution in [-0.2, 0) is 11.3 Å². The number of nitrogens with one attached hydrogen (secondary N) is 1. The van der Waals surface area contributed by atoms with Crippen LogP contribution < -0.4 is 5.32 Å². The van der Waals surface area contributed by atoms with Gasteiger partial charge in [-0.25, -0.2) is 4.39 Å². The van der Waals surface area contributed by atoms with Crippen molar-refractivity contribution >= 4 is 16.8 Å². The Bertz CT molecular complexity index is 966. The molecule has 148 valence electrons. The Labute approximate surface area is 158 Å². The van der Waals surface area contributed by atoms with Gasteiger partial charge in [-0.1, -0.05) is 36.4 Å². The molecule has 2 aromatic carbocycles. The summed E-state index contributed by atoms with van der Waals surface area (Å²) in [4.78, 5) is 12.6. The van der Waals surface area contributed by atoms with Gasteiger partial charge in [0, 0.05) is 23.0 Å². The highest BCUT2D eigenvalue weighted by Crippen LogP contribution is 2.22. The molecule has 0 saturated heterocycles. The summed E-state index contributed by atoms with van der Waals surface area (Å²) < 4.78 is 56.5. The van der Waals surface area contributed by atoms with Gasteiger partial charge in [0.1, 0.15) is 18.1 Å². The molecule has 28 heavy (non-hydrogen) atoms. The largest absolute Gasteiger partial charge is 0.411 e. The number of rotatable bonds is 7. The van der Waals surface area contributed by atoms with Crippen LogP contribution in [0, 0.1) is 5.82 Å². The third kappa shape index (κ3) is 4.89. The Morgan fingerprint density at radius 1 is 1.07 bits per heavy atom. The normalized spacial score (nSPS) is 11.7. The molecular formula is C20H18F4N2O2. The van der Waals surface area contributed by atoms with E-state index in [1.54, 1.807) is 28.8 Å². The minimum Gasteiger partial charge on any atom is -0.370 e. The number of aromatic nitrogens is 1. The number of hydrogen-bond donors (Lipinski definition) is 1. The molecule has 0 aliphatic heterocycles. The molecule has 4 nitrogen and oxygen atoms in total. The van der Waals surface area contributed by atoms with Crippen molar-refractivity contribution in [2.45, 2.75) is 12.7 Å². The number of nitrogens with zero attached hydrogens (tertiary/aromatic N) is 1. The zero-order chi connectivity index (χ0) is 20.1. The predicted molar refractivity (Wildman–Crippen MR) is 96.6 cm³/mol. The van der Waals surface area contributed by atoms with E-state index in [4.69, 9.17) is 0 Å². The van der Waals surface area contributed by atoms with E-state index in [2.05, 4.69) is 10.1 Å². The first-order chi connectivity index (χ1) is 13.3. The third-order valence-electron chi connectivity index (χ3n) is 4.13. The first-order valence-corrected chi connectivity index (χ1v) is 8.59. The van der Waals surface area contributed by atoms with Crippen molar-refractivity contribution in [1.29, 1.82) is 0 Å². The summed E-state index contributed by atoms with van der Waals surface area (Å²) in [5.74, 6) is -0.852. The van der Waals surface area contributed by atoms with Crippen LogP contribution in [0.15, 0.2) is 54.6 Å². The van der Waals surface area contributed by atoms with Crippen LogP contribution in [-0.4, -0.2) is 36.4 Å². The molecule has 3 rings (SSSR count). The monoisotopic (exact) mass is 394 g/mol. The summed E-state index contributed by atoms with van der Waals surface area (Å²) in [7, 11) is 0. The van der Waals surface area contributed by atoms with Crippen molar-refractivity contribution in [3.8, 4) is 0 Å². The Balaban J connectivity index is 1.77. The Morgan fingerprint density at radius 2 is 1.79 bits per heavy atom. The Morgan fingerprint density at radius 3 is 2.54 bits per heavy atom. The van der Waals surface area contributed by atoms with Crippen LogP contribution in [0.5, 0.6) is 0 Å². The zero-order valence-electron chi connectivity index (χ0n) is 14.8. The van der Waals surface area contributed by atoms with Crippen LogP contribution in [0.3, 0.4) is 0 Å². The fourth-order valence-electron chi connectivity index (χ4n) is 2.88. The van der Waals surface area contributed by atoms with Gasteiger partial charge in [0.25, 0.3) is 5.91 Å². The molecule has 1 aromatic heterocycles. The van der Waals surface area contributed by atoms with E-state index in [9.17, 15) is 22.4 Å². The van der Waals surface area contributed by atoms with Gasteiger partial charge in [-0.2, -0.15) is 13.2 Å². The van der Waals surface area contributed by atoms with E-state index in [1.165, 1.54) is 6.07 Å². The zero-order valence-corrected chi connectivity index (χ0v) is 14.8. The molecule has 3 aromatic rings. The fraction of sp³-hybridized carbons (Fsp3) is 0.250. The number of benzene rings is 2. The van der Waals surface area contributed by atoms with E-state index in [0.29, 0.717) is 11.3 Å². The Kier molecular flexibility index (Phi) is 5.99.